The van der Waals surface area contributed by atoms with Gasteiger partial charge < -0.3 is 0 Å². The first-order chi connectivity index (χ1) is 8.70. The molecule has 0 N–H and O–H groups in total. The van der Waals surface area contributed by atoms with Gasteiger partial charge in [0, 0.05) is 38.1 Å². The SMILES string of the molecule is CCC(C)C(=O)CN1CCN(C2CCCC2)CC1. The first-order valence-corrected chi connectivity index (χ1v) is 7.69. The molecule has 1 unspecified atom stereocenters. The minimum absolute atomic E-state index is 0.234. The van der Waals surface area contributed by atoms with Gasteiger partial charge in [-0.1, -0.05) is 26.7 Å². The molecule has 104 valence electrons. The van der Waals surface area contributed by atoms with Crippen molar-refractivity contribution in [2.24, 2.45) is 5.92 Å². The molecule has 1 heterocycles. The van der Waals surface area contributed by atoms with E-state index in [1.165, 1.54) is 38.8 Å². The normalized spacial score (nSPS) is 25.4. The Labute approximate surface area is 112 Å². The van der Waals surface area contributed by atoms with E-state index in [1.807, 2.05) is 0 Å². The maximum absolute atomic E-state index is 11.9. The van der Waals surface area contributed by atoms with E-state index < -0.39 is 0 Å². The van der Waals surface area contributed by atoms with E-state index in [0.29, 0.717) is 12.3 Å². The van der Waals surface area contributed by atoms with Crippen molar-refractivity contribution in [2.45, 2.75) is 52.0 Å². The number of Topliss-reactive ketones (excluding diaryl/α,β-unsaturated/α-hetero) is 1. The summed E-state index contributed by atoms with van der Waals surface area (Å²) in [5.74, 6) is 0.657. The molecule has 1 saturated carbocycles. The van der Waals surface area contributed by atoms with Gasteiger partial charge in [0.25, 0.3) is 0 Å². The van der Waals surface area contributed by atoms with Crippen LogP contribution in [0.2, 0.25) is 0 Å². The van der Waals surface area contributed by atoms with E-state index in [9.17, 15) is 4.79 Å². The molecule has 3 nitrogen and oxygen atoms in total. The second kappa shape index (κ2) is 6.67. The fraction of sp³-hybridized carbons (Fsp3) is 0.933. The molecule has 1 aliphatic carbocycles. The Balaban J connectivity index is 1.71. The fourth-order valence-electron chi connectivity index (χ4n) is 3.16. The van der Waals surface area contributed by atoms with Crippen LogP contribution >= 0.6 is 0 Å². The molecule has 2 fully saturated rings. The Morgan fingerprint density at radius 3 is 2.33 bits per heavy atom. The summed E-state index contributed by atoms with van der Waals surface area (Å²) < 4.78 is 0. The average molecular weight is 252 g/mol. The van der Waals surface area contributed by atoms with Crippen molar-refractivity contribution in [1.82, 2.24) is 9.80 Å². The van der Waals surface area contributed by atoms with Crippen LogP contribution in [0.1, 0.15) is 46.0 Å². The largest absolute Gasteiger partial charge is 0.298 e. The zero-order valence-corrected chi connectivity index (χ0v) is 12.0. The molecule has 0 radical (unpaired) electrons. The molecule has 2 rings (SSSR count). The standard InChI is InChI=1S/C15H28N2O/c1-3-13(2)15(18)12-16-8-10-17(11-9-16)14-6-4-5-7-14/h13-14H,3-12H2,1-2H3. The molecule has 0 amide bonds. The second-order valence-corrected chi connectivity index (χ2v) is 6.03. The lowest BCUT2D eigenvalue weighted by atomic mass is 10.0. The molecular weight excluding hydrogens is 224 g/mol. The highest BCUT2D eigenvalue weighted by atomic mass is 16.1. The van der Waals surface area contributed by atoms with Gasteiger partial charge >= 0.3 is 0 Å². The van der Waals surface area contributed by atoms with Crippen molar-refractivity contribution in [3.63, 3.8) is 0 Å². The van der Waals surface area contributed by atoms with Crippen molar-refractivity contribution in [3.05, 3.63) is 0 Å². The summed E-state index contributed by atoms with van der Waals surface area (Å²) >= 11 is 0. The quantitative estimate of drug-likeness (QED) is 0.749. The third-order valence-corrected chi connectivity index (χ3v) is 4.79. The van der Waals surface area contributed by atoms with Crippen LogP contribution < -0.4 is 0 Å². The summed E-state index contributed by atoms with van der Waals surface area (Å²) in [4.78, 5) is 16.9. The van der Waals surface area contributed by atoms with Crippen molar-refractivity contribution in [3.8, 4) is 0 Å². The molecule has 0 aromatic carbocycles. The van der Waals surface area contributed by atoms with E-state index in [4.69, 9.17) is 0 Å². The molecule has 1 aliphatic heterocycles. The van der Waals surface area contributed by atoms with E-state index in [0.717, 1.165) is 25.6 Å². The number of piperazine rings is 1. The zero-order chi connectivity index (χ0) is 13.0. The smallest absolute Gasteiger partial charge is 0.149 e. The molecule has 0 spiro atoms. The predicted octanol–water partition coefficient (Wildman–Crippen LogP) is 2.16. The lowest BCUT2D eigenvalue weighted by Gasteiger charge is -2.38. The van der Waals surface area contributed by atoms with Crippen LogP contribution in [-0.4, -0.2) is 54.3 Å². The van der Waals surface area contributed by atoms with Crippen molar-refractivity contribution >= 4 is 5.78 Å². The van der Waals surface area contributed by atoms with Gasteiger partial charge in [0.1, 0.15) is 5.78 Å². The van der Waals surface area contributed by atoms with Crippen molar-refractivity contribution < 1.29 is 4.79 Å². The maximum atomic E-state index is 11.9. The summed E-state index contributed by atoms with van der Waals surface area (Å²) in [5, 5.41) is 0. The second-order valence-electron chi connectivity index (χ2n) is 6.03. The molecule has 0 aromatic heterocycles. The number of rotatable bonds is 5. The van der Waals surface area contributed by atoms with Crippen LogP contribution in [0, 0.1) is 5.92 Å². The summed E-state index contributed by atoms with van der Waals surface area (Å²) in [7, 11) is 0. The minimum atomic E-state index is 0.234. The van der Waals surface area contributed by atoms with Gasteiger partial charge in [0.2, 0.25) is 0 Å². The zero-order valence-electron chi connectivity index (χ0n) is 12.0. The minimum Gasteiger partial charge on any atom is -0.298 e. The summed E-state index contributed by atoms with van der Waals surface area (Å²) in [6, 6.07) is 0.845. The number of carbonyl (C=O) groups is 1. The Morgan fingerprint density at radius 1 is 1.17 bits per heavy atom. The number of hydrogen-bond donors (Lipinski definition) is 0. The van der Waals surface area contributed by atoms with Gasteiger partial charge in [0.05, 0.1) is 6.54 Å². The van der Waals surface area contributed by atoms with Crippen LogP contribution in [-0.2, 0) is 4.79 Å². The van der Waals surface area contributed by atoms with E-state index in [1.54, 1.807) is 0 Å². The number of hydrogen-bond acceptors (Lipinski definition) is 3. The van der Waals surface area contributed by atoms with Crippen LogP contribution in [0.3, 0.4) is 0 Å². The average Bonchev–Trinajstić information content (AvgIpc) is 2.92. The van der Waals surface area contributed by atoms with Crippen LogP contribution in [0.15, 0.2) is 0 Å². The van der Waals surface area contributed by atoms with Crippen LogP contribution in [0.25, 0.3) is 0 Å². The molecule has 2 aliphatic rings. The van der Waals surface area contributed by atoms with E-state index >= 15 is 0 Å². The highest BCUT2D eigenvalue weighted by molar-refractivity contribution is 5.82. The summed E-state index contributed by atoms with van der Waals surface area (Å²) in [5.41, 5.74) is 0. The number of carbonyl (C=O) groups excluding carboxylic acids is 1. The van der Waals surface area contributed by atoms with E-state index in [2.05, 4.69) is 23.6 Å². The van der Waals surface area contributed by atoms with Gasteiger partial charge in [-0.3, -0.25) is 14.6 Å². The molecular formula is C15H28N2O. The highest BCUT2D eigenvalue weighted by Gasteiger charge is 2.27. The van der Waals surface area contributed by atoms with Crippen molar-refractivity contribution in [1.29, 1.82) is 0 Å². The lowest BCUT2D eigenvalue weighted by molar-refractivity contribution is -0.124. The van der Waals surface area contributed by atoms with Gasteiger partial charge in [-0.2, -0.15) is 0 Å². The lowest BCUT2D eigenvalue weighted by Crippen LogP contribution is -2.51. The first-order valence-electron chi connectivity index (χ1n) is 7.69. The Hall–Kier alpha value is -0.410. The van der Waals surface area contributed by atoms with Crippen molar-refractivity contribution in [2.75, 3.05) is 32.7 Å². The Bertz CT molecular complexity index is 266. The summed E-state index contributed by atoms with van der Waals surface area (Å²) in [6.45, 7) is 9.32. The predicted molar refractivity (Wildman–Crippen MR) is 74.7 cm³/mol. The molecule has 0 bridgehead atoms. The third-order valence-electron chi connectivity index (χ3n) is 4.79. The van der Waals surface area contributed by atoms with Crippen LogP contribution in [0.4, 0.5) is 0 Å². The van der Waals surface area contributed by atoms with Crippen LogP contribution in [0.5, 0.6) is 0 Å². The monoisotopic (exact) mass is 252 g/mol. The molecule has 0 aromatic rings. The first kappa shape index (κ1) is 14.0. The number of nitrogens with zero attached hydrogens (tertiary/aromatic N) is 2. The Morgan fingerprint density at radius 2 is 1.78 bits per heavy atom. The maximum Gasteiger partial charge on any atom is 0.149 e. The molecule has 18 heavy (non-hydrogen) atoms. The van der Waals surface area contributed by atoms with Gasteiger partial charge in [-0.05, 0) is 19.3 Å². The summed E-state index contributed by atoms with van der Waals surface area (Å²) in [6.07, 6.45) is 6.59. The van der Waals surface area contributed by atoms with Gasteiger partial charge in [-0.25, -0.2) is 0 Å². The molecule has 1 saturated heterocycles. The Kier molecular flexibility index (Phi) is 5.19. The topological polar surface area (TPSA) is 23.6 Å². The van der Waals surface area contributed by atoms with Gasteiger partial charge in [0.15, 0.2) is 0 Å². The number of ketones is 1. The van der Waals surface area contributed by atoms with Gasteiger partial charge in [-0.15, -0.1) is 0 Å². The fourth-order valence-corrected chi connectivity index (χ4v) is 3.16. The van der Waals surface area contributed by atoms with E-state index in [-0.39, 0.29) is 5.92 Å². The molecule has 1 atom stereocenters. The highest BCUT2D eigenvalue weighted by Crippen LogP contribution is 2.24. The molecule has 3 heteroatoms. The third kappa shape index (κ3) is 3.55.